The molecule has 1 saturated heterocycles. The van der Waals surface area contributed by atoms with E-state index in [0.29, 0.717) is 13.1 Å². The summed E-state index contributed by atoms with van der Waals surface area (Å²) in [6, 6.07) is 3.90. The Morgan fingerprint density at radius 2 is 2.15 bits per heavy atom. The molecule has 0 spiro atoms. The number of hydrogen-bond donors (Lipinski definition) is 0. The summed E-state index contributed by atoms with van der Waals surface area (Å²) in [4.78, 5) is 1.99. The molecule has 0 amide bonds. The third kappa shape index (κ3) is 3.21. The van der Waals surface area contributed by atoms with Crippen LogP contribution in [0.2, 0.25) is 0 Å². The van der Waals surface area contributed by atoms with Crippen molar-refractivity contribution in [1.29, 1.82) is 0 Å². The Bertz CT molecular complexity index is 592. The summed E-state index contributed by atoms with van der Waals surface area (Å²) in [5.74, 6) is -0.561. The maximum Gasteiger partial charge on any atom is 0.243 e. The highest BCUT2D eigenvalue weighted by Crippen LogP contribution is 2.28. The van der Waals surface area contributed by atoms with Crippen LogP contribution in [0.4, 0.5) is 4.39 Å². The summed E-state index contributed by atoms with van der Waals surface area (Å²) in [7, 11) is 0.211. The van der Waals surface area contributed by atoms with E-state index in [4.69, 9.17) is 0 Å². The van der Waals surface area contributed by atoms with Crippen LogP contribution in [0.15, 0.2) is 27.6 Å². The van der Waals surface area contributed by atoms with Crippen LogP contribution in [0.1, 0.15) is 12.8 Å². The minimum atomic E-state index is -3.63. The van der Waals surface area contributed by atoms with Gasteiger partial charge in [0.05, 0.1) is 9.37 Å². The molecule has 1 heterocycles. The summed E-state index contributed by atoms with van der Waals surface area (Å²) in [5, 5.41) is 0. The Morgan fingerprint density at radius 1 is 1.45 bits per heavy atom. The molecule has 1 aromatic carbocycles. The van der Waals surface area contributed by atoms with Gasteiger partial charge in [0.15, 0.2) is 0 Å². The zero-order valence-corrected chi connectivity index (χ0v) is 13.9. The predicted octanol–water partition coefficient (Wildman–Crippen LogP) is 2.30. The third-order valence-corrected chi connectivity index (χ3v) is 5.99. The number of rotatable bonds is 4. The maximum absolute atomic E-state index is 13.6. The zero-order chi connectivity index (χ0) is 14.9. The molecule has 1 aliphatic rings. The van der Waals surface area contributed by atoms with Crippen LogP contribution in [0.25, 0.3) is 0 Å². The number of nitrogens with zero attached hydrogens (tertiary/aromatic N) is 2. The zero-order valence-electron chi connectivity index (χ0n) is 11.5. The van der Waals surface area contributed by atoms with E-state index in [0.717, 1.165) is 18.9 Å². The van der Waals surface area contributed by atoms with Crippen LogP contribution in [0.5, 0.6) is 0 Å². The van der Waals surface area contributed by atoms with E-state index in [1.807, 2.05) is 19.0 Å². The molecule has 1 aromatic rings. The lowest BCUT2D eigenvalue weighted by molar-refractivity contribution is 0.291. The summed E-state index contributed by atoms with van der Waals surface area (Å²) < 4.78 is 40.6. The molecule has 2 rings (SSSR count). The lowest BCUT2D eigenvalue weighted by Crippen LogP contribution is -2.41. The molecule has 0 aromatic heterocycles. The van der Waals surface area contributed by atoms with Crippen molar-refractivity contribution in [2.75, 3.05) is 27.2 Å². The van der Waals surface area contributed by atoms with Gasteiger partial charge < -0.3 is 4.90 Å². The molecular formula is C13H18BrFN2O2S. The molecule has 0 radical (unpaired) electrons. The molecular weight excluding hydrogens is 347 g/mol. The van der Waals surface area contributed by atoms with E-state index in [1.54, 1.807) is 0 Å². The van der Waals surface area contributed by atoms with E-state index < -0.39 is 15.8 Å². The maximum atomic E-state index is 13.6. The fourth-order valence-electron chi connectivity index (χ4n) is 2.50. The number of halogens is 2. The second-order valence-corrected chi connectivity index (χ2v) is 7.99. The highest BCUT2D eigenvalue weighted by Gasteiger charge is 2.35. The molecule has 0 N–H and O–H groups in total. The van der Waals surface area contributed by atoms with Gasteiger partial charge in [-0.05, 0) is 61.1 Å². The van der Waals surface area contributed by atoms with E-state index in [9.17, 15) is 12.8 Å². The summed E-state index contributed by atoms with van der Waals surface area (Å²) in [6.07, 6.45) is 1.69. The normalized spacial score (nSPS) is 20.8. The monoisotopic (exact) mass is 364 g/mol. The minimum Gasteiger partial charge on any atom is -0.308 e. The summed E-state index contributed by atoms with van der Waals surface area (Å²) in [6.45, 7) is 1.18. The second-order valence-electron chi connectivity index (χ2n) is 5.25. The van der Waals surface area contributed by atoms with Crippen LogP contribution in [0, 0.1) is 5.82 Å². The minimum absolute atomic E-state index is 0.0175. The van der Waals surface area contributed by atoms with E-state index in [1.165, 1.54) is 16.4 Å². The Kier molecular flexibility index (Phi) is 4.84. The number of sulfonamides is 1. The molecule has 20 heavy (non-hydrogen) atoms. The number of likely N-dealkylation sites (N-methyl/N-ethyl adjacent to an activating group) is 1. The van der Waals surface area contributed by atoms with Gasteiger partial charge in [0, 0.05) is 19.1 Å². The summed E-state index contributed by atoms with van der Waals surface area (Å²) in [5.41, 5.74) is 0. The number of benzene rings is 1. The smallest absolute Gasteiger partial charge is 0.243 e. The van der Waals surface area contributed by atoms with Crippen molar-refractivity contribution in [1.82, 2.24) is 9.21 Å². The van der Waals surface area contributed by atoms with Crippen LogP contribution in [0.3, 0.4) is 0 Å². The molecule has 1 aliphatic heterocycles. The summed E-state index contributed by atoms with van der Waals surface area (Å²) >= 11 is 3.03. The molecule has 1 fully saturated rings. The quantitative estimate of drug-likeness (QED) is 0.822. The lowest BCUT2D eigenvalue weighted by Gasteiger charge is -2.26. The highest BCUT2D eigenvalue weighted by atomic mass is 79.9. The number of hydrogen-bond acceptors (Lipinski definition) is 3. The van der Waals surface area contributed by atoms with Gasteiger partial charge in [0.2, 0.25) is 10.0 Å². The first kappa shape index (κ1) is 15.9. The SMILES string of the molecule is CN(C)CC1CCCN1S(=O)(=O)c1ccc(Br)c(F)c1. The van der Waals surface area contributed by atoms with Gasteiger partial charge in [-0.15, -0.1) is 0 Å². The Hall–Kier alpha value is -0.500. The molecule has 4 nitrogen and oxygen atoms in total. The Labute approximate surface area is 127 Å². The second kappa shape index (κ2) is 6.09. The van der Waals surface area contributed by atoms with Crippen molar-refractivity contribution in [2.45, 2.75) is 23.8 Å². The van der Waals surface area contributed by atoms with Crippen LogP contribution in [-0.4, -0.2) is 50.8 Å². The highest BCUT2D eigenvalue weighted by molar-refractivity contribution is 9.10. The molecule has 1 unspecified atom stereocenters. The van der Waals surface area contributed by atoms with Gasteiger partial charge in [-0.25, -0.2) is 12.8 Å². The van der Waals surface area contributed by atoms with Gasteiger partial charge in [-0.1, -0.05) is 0 Å². The van der Waals surface area contributed by atoms with Gasteiger partial charge in [-0.2, -0.15) is 4.31 Å². The Balaban J connectivity index is 2.31. The van der Waals surface area contributed by atoms with Crippen LogP contribution in [-0.2, 0) is 10.0 Å². The van der Waals surface area contributed by atoms with Gasteiger partial charge in [0.25, 0.3) is 0 Å². The first-order valence-corrected chi connectivity index (χ1v) is 8.67. The average Bonchev–Trinajstić information content (AvgIpc) is 2.80. The van der Waals surface area contributed by atoms with Crippen molar-refractivity contribution in [3.05, 3.63) is 28.5 Å². The fourth-order valence-corrected chi connectivity index (χ4v) is 4.45. The molecule has 1 atom stereocenters. The third-order valence-electron chi connectivity index (χ3n) is 3.40. The molecule has 112 valence electrons. The molecule has 0 saturated carbocycles. The van der Waals surface area contributed by atoms with Crippen molar-refractivity contribution in [3.8, 4) is 0 Å². The van der Waals surface area contributed by atoms with E-state index >= 15 is 0 Å². The molecule has 0 aliphatic carbocycles. The van der Waals surface area contributed by atoms with E-state index in [-0.39, 0.29) is 15.4 Å². The van der Waals surface area contributed by atoms with E-state index in [2.05, 4.69) is 15.9 Å². The fraction of sp³-hybridized carbons (Fsp3) is 0.538. The predicted molar refractivity (Wildman–Crippen MR) is 79.6 cm³/mol. The van der Waals surface area contributed by atoms with Gasteiger partial charge in [-0.3, -0.25) is 0 Å². The van der Waals surface area contributed by atoms with Gasteiger partial charge >= 0.3 is 0 Å². The largest absolute Gasteiger partial charge is 0.308 e. The van der Waals surface area contributed by atoms with Crippen molar-refractivity contribution in [3.63, 3.8) is 0 Å². The van der Waals surface area contributed by atoms with Crippen molar-refractivity contribution < 1.29 is 12.8 Å². The van der Waals surface area contributed by atoms with Crippen molar-refractivity contribution in [2.24, 2.45) is 0 Å². The van der Waals surface area contributed by atoms with Crippen molar-refractivity contribution >= 4 is 26.0 Å². The molecule has 7 heteroatoms. The van der Waals surface area contributed by atoms with Crippen LogP contribution < -0.4 is 0 Å². The molecule has 0 bridgehead atoms. The first-order valence-electron chi connectivity index (χ1n) is 6.44. The average molecular weight is 365 g/mol. The lowest BCUT2D eigenvalue weighted by atomic mass is 10.2. The van der Waals surface area contributed by atoms with Crippen LogP contribution >= 0.6 is 15.9 Å². The first-order chi connectivity index (χ1) is 9.32. The topological polar surface area (TPSA) is 40.6 Å². The standard InChI is InChI=1S/C13H18BrFN2O2S/c1-16(2)9-10-4-3-7-17(10)20(18,19)11-5-6-12(14)13(15)8-11/h5-6,8,10H,3-4,7,9H2,1-2H3. The Morgan fingerprint density at radius 3 is 2.75 bits per heavy atom. The van der Waals surface area contributed by atoms with Gasteiger partial charge in [0.1, 0.15) is 5.82 Å².